The third-order valence-electron chi connectivity index (χ3n) is 3.65. The van der Waals surface area contributed by atoms with Crippen LogP contribution in [0.25, 0.3) is 0 Å². The van der Waals surface area contributed by atoms with Gasteiger partial charge >= 0.3 is 0 Å². The molecule has 1 aromatic carbocycles. The van der Waals surface area contributed by atoms with E-state index in [4.69, 9.17) is 6.42 Å². The highest BCUT2D eigenvalue weighted by Crippen LogP contribution is 2.31. The summed E-state index contributed by atoms with van der Waals surface area (Å²) in [5.41, 5.74) is 0.720. The molecule has 0 saturated carbocycles. The number of para-hydroxylation sites is 2. The highest BCUT2D eigenvalue weighted by molar-refractivity contribution is 5.79. The molecule has 6 heteroatoms. The van der Waals surface area contributed by atoms with Crippen LogP contribution in [-0.4, -0.2) is 30.5 Å². The van der Waals surface area contributed by atoms with E-state index in [1.54, 1.807) is 18.2 Å². The van der Waals surface area contributed by atoms with Crippen LogP contribution in [-0.2, 0) is 4.79 Å². The largest absolute Gasteiger partial charge is 0.366 e. The monoisotopic (exact) mass is 287 g/mol. The number of carbonyl (C=O) groups is 1. The topological polar surface area (TPSA) is 75.5 Å². The van der Waals surface area contributed by atoms with Crippen molar-refractivity contribution in [2.75, 3.05) is 24.5 Å². The van der Waals surface area contributed by atoms with Gasteiger partial charge < -0.3 is 10.2 Å². The van der Waals surface area contributed by atoms with Gasteiger partial charge in [-0.2, -0.15) is 0 Å². The van der Waals surface area contributed by atoms with Crippen LogP contribution in [0.15, 0.2) is 24.3 Å². The fourth-order valence-electron chi connectivity index (χ4n) is 2.55. The Morgan fingerprint density at radius 3 is 2.71 bits per heavy atom. The van der Waals surface area contributed by atoms with E-state index in [-0.39, 0.29) is 29.0 Å². The molecule has 0 spiro atoms. The van der Waals surface area contributed by atoms with E-state index >= 15 is 0 Å². The Bertz CT molecular complexity index is 572. The number of terminal acetylenes is 1. The number of rotatable bonds is 4. The maximum Gasteiger partial charge on any atom is 0.292 e. The zero-order valence-corrected chi connectivity index (χ0v) is 11.6. The summed E-state index contributed by atoms with van der Waals surface area (Å²) in [6.45, 7) is 1.49. The van der Waals surface area contributed by atoms with Gasteiger partial charge in [0.25, 0.3) is 5.69 Å². The minimum Gasteiger partial charge on any atom is -0.366 e. The molecule has 0 aliphatic carbocycles. The van der Waals surface area contributed by atoms with E-state index in [0.717, 1.165) is 0 Å². The normalized spacial score (nSPS) is 15.3. The lowest BCUT2D eigenvalue weighted by Crippen LogP contribution is -2.40. The van der Waals surface area contributed by atoms with Crippen LogP contribution in [0.2, 0.25) is 0 Å². The number of nitro benzene ring substituents is 1. The molecule has 2 rings (SSSR count). The van der Waals surface area contributed by atoms with Crippen molar-refractivity contribution in [3.8, 4) is 12.3 Å². The van der Waals surface area contributed by atoms with Crippen molar-refractivity contribution < 1.29 is 9.72 Å². The number of benzene rings is 1. The summed E-state index contributed by atoms with van der Waals surface area (Å²) in [4.78, 5) is 24.5. The predicted molar refractivity (Wildman–Crippen MR) is 79.9 cm³/mol. The second kappa shape index (κ2) is 6.75. The summed E-state index contributed by atoms with van der Waals surface area (Å²) < 4.78 is 0. The molecule has 110 valence electrons. The molecule has 1 aromatic rings. The first-order valence-electron chi connectivity index (χ1n) is 6.83. The summed E-state index contributed by atoms with van der Waals surface area (Å²) in [6.07, 6.45) is 6.45. The zero-order valence-electron chi connectivity index (χ0n) is 11.6. The van der Waals surface area contributed by atoms with Gasteiger partial charge in [-0.25, -0.2) is 0 Å². The van der Waals surface area contributed by atoms with Gasteiger partial charge in [-0.05, 0) is 18.9 Å². The molecule has 1 aliphatic rings. The number of anilines is 1. The van der Waals surface area contributed by atoms with Gasteiger partial charge in [0, 0.05) is 25.1 Å². The van der Waals surface area contributed by atoms with Gasteiger partial charge in [0.1, 0.15) is 5.69 Å². The molecular weight excluding hydrogens is 270 g/mol. The van der Waals surface area contributed by atoms with Crippen molar-refractivity contribution in [2.24, 2.45) is 5.92 Å². The highest BCUT2D eigenvalue weighted by Gasteiger charge is 2.27. The summed E-state index contributed by atoms with van der Waals surface area (Å²) >= 11 is 0. The molecule has 0 aromatic heterocycles. The molecule has 1 aliphatic heterocycles. The third-order valence-corrected chi connectivity index (χ3v) is 3.65. The summed E-state index contributed by atoms with van der Waals surface area (Å²) in [6, 6.07) is 6.69. The number of amides is 1. The lowest BCUT2D eigenvalue weighted by Gasteiger charge is -2.32. The summed E-state index contributed by atoms with van der Waals surface area (Å²) in [7, 11) is 0. The second-order valence-electron chi connectivity index (χ2n) is 4.93. The Kier molecular flexibility index (Phi) is 4.77. The number of hydrogen-bond donors (Lipinski definition) is 1. The first-order chi connectivity index (χ1) is 10.1. The Morgan fingerprint density at radius 1 is 1.43 bits per heavy atom. The van der Waals surface area contributed by atoms with E-state index in [2.05, 4.69) is 11.2 Å². The van der Waals surface area contributed by atoms with E-state index in [1.807, 2.05) is 4.90 Å². The summed E-state index contributed by atoms with van der Waals surface area (Å²) in [5.74, 6) is 2.27. The lowest BCUT2D eigenvalue weighted by molar-refractivity contribution is -0.384. The van der Waals surface area contributed by atoms with Crippen LogP contribution >= 0.6 is 0 Å². The smallest absolute Gasteiger partial charge is 0.292 e. The van der Waals surface area contributed by atoms with Crippen LogP contribution in [0.1, 0.15) is 12.8 Å². The standard InChI is InChI=1S/C15H17N3O3/c1-2-9-16-15(19)12-7-10-17(11-8-12)13-5-3-4-6-14(13)18(20)21/h1,3-6,12H,7-11H2,(H,16,19). The quantitative estimate of drug-likeness (QED) is 0.518. The number of nitrogens with zero attached hydrogens (tertiary/aromatic N) is 2. The van der Waals surface area contributed by atoms with Crippen molar-refractivity contribution >= 4 is 17.3 Å². The van der Waals surface area contributed by atoms with Gasteiger partial charge in [0.05, 0.1) is 11.5 Å². The molecule has 21 heavy (non-hydrogen) atoms. The van der Waals surface area contributed by atoms with Gasteiger partial charge in [-0.3, -0.25) is 14.9 Å². The number of piperidine rings is 1. The fourth-order valence-corrected chi connectivity index (χ4v) is 2.55. The number of nitro groups is 1. The highest BCUT2D eigenvalue weighted by atomic mass is 16.6. The number of hydrogen-bond acceptors (Lipinski definition) is 4. The van der Waals surface area contributed by atoms with Gasteiger partial charge in [-0.15, -0.1) is 6.42 Å². The molecule has 6 nitrogen and oxygen atoms in total. The minimum atomic E-state index is -0.374. The van der Waals surface area contributed by atoms with Crippen LogP contribution < -0.4 is 10.2 Å². The van der Waals surface area contributed by atoms with E-state index in [9.17, 15) is 14.9 Å². The molecule has 1 heterocycles. The molecule has 1 saturated heterocycles. The van der Waals surface area contributed by atoms with Crippen molar-refractivity contribution in [1.29, 1.82) is 0 Å². The fraction of sp³-hybridized carbons (Fsp3) is 0.400. The zero-order chi connectivity index (χ0) is 15.2. The van der Waals surface area contributed by atoms with Crippen molar-refractivity contribution in [3.05, 3.63) is 34.4 Å². The number of nitrogens with one attached hydrogen (secondary N) is 1. The molecule has 0 radical (unpaired) electrons. The predicted octanol–water partition coefficient (Wildman–Crippen LogP) is 1.56. The van der Waals surface area contributed by atoms with Crippen LogP contribution in [0, 0.1) is 28.4 Å². The van der Waals surface area contributed by atoms with Gasteiger partial charge in [0.2, 0.25) is 5.91 Å². The molecule has 1 N–H and O–H groups in total. The molecule has 0 unspecified atom stereocenters. The molecule has 0 bridgehead atoms. The first-order valence-corrected chi connectivity index (χ1v) is 6.83. The summed E-state index contributed by atoms with van der Waals surface area (Å²) in [5, 5.41) is 13.7. The van der Waals surface area contributed by atoms with Crippen LogP contribution in [0.5, 0.6) is 0 Å². The average Bonchev–Trinajstić information content (AvgIpc) is 2.52. The van der Waals surface area contributed by atoms with E-state index in [0.29, 0.717) is 31.6 Å². The Morgan fingerprint density at radius 2 is 2.10 bits per heavy atom. The SMILES string of the molecule is C#CCNC(=O)C1CCN(c2ccccc2[N+](=O)[O-])CC1. The maximum atomic E-state index is 11.8. The Balaban J connectivity index is 2.00. The Labute approximate surface area is 123 Å². The molecule has 1 amide bonds. The molecule has 0 atom stereocenters. The van der Waals surface area contributed by atoms with Crippen molar-refractivity contribution in [2.45, 2.75) is 12.8 Å². The molecule has 1 fully saturated rings. The van der Waals surface area contributed by atoms with E-state index < -0.39 is 0 Å². The maximum absolute atomic E-state index is 11.8. The van der Waals surface area contributed by atoms with E-state index in [1.165, 1.54) is 6.07 Å². The average molecular weight is 287 g/mol. The minimum absolute atomic E-state index is 0.0323. The van der Waals surface area contributed by atoms with Crippen LogP contribution in [0.3, 0.4) is 0 Å². The first kappa shape index (κ1) is 14.9. The van der Waals surface area contributed by atoms with Gasteiger partial charge in [-0.1, -0.05) is 18.1 Å². The van der Waals surface area contributed by atoms with Crippen molar-refractivity contribution in [3.63, 3.8) is 0 Å². The lowest BCUT2D eigenvalue weighted by atomic mass is 9.95. The second-order valence-corrected chi connectivity index (χ2v) is 4.93. The Hall–Kier alpha value is -2.55. The third kappa shape index (κ3) is 3.51. The van der Waals surface area contributed by atoms with Crippen molar-refractivity contribution in [1.82, 2.24) is 5.32 Å². The number of carbonyl (C=O) groups excluding carboxylic acids is 1. The molecular formula is C15H17N3O3. The van der Waals surface area contributed by atoms with Crippen LogP contribution in [0.4, 0.5) is 11.4 Å². The van der Waals surface area contributed by atoms with Gasteiger partial charge in [0.15, 0.2) is 0 Å².